The van der Waals surface area contributed by atoms with Gasteiger partial charge in [-0.2, -0.15) is 0 Å². The highest BCUT2D eigenvalue weighted by Crippen LogP contribution is 2.25. The van der Waals surface area contributed by atoms with E-state index in [4.69, 9.17) is 0 Å². The zero-order chi connectivity index (χ0) is 15.5. The highest BCUT2D eigenvalue weighted by atomic mass is 32.2. The third kappa shape index (κ3) is 3.26. The number of nitrogens with one attached hydrogen (secondary N) is 2. The number of imidazole rings is 1. The molecule has 0 aliphatic heterocycles. The van der Waals surface area contributed by atoms with Gasteiger partial charge in [-0.1, -0.05) is 19.1 Å². The SMILES string of the molecule is CCC(NS(=O)(=O)c1ccccc1[N+](=O)[O-])c1ncc[nH]1. The fourth-order valence-electron chi connectivity index (χ4n) is 1.89. The van der Waals surface area contributed by atoms with E-state index in [1.165, 1.54) is 24.4 Å². The second-order valence-electron chi connectivity index (χ2n) is 4.28. The number of hydrogen-bond acceptors (Lipinski definition) is 5. The van der Waals surface area contributed by atoms with Crippen molar-refractivity contribution in [2.24, 2.45) is 0 Å². The highest BCUT2D eigenvalue weighted by Gasteiger charge is 2.28. The molecule has 1 aromatic heterocycles. The van der Waals surface area contributed by atoms with E-state index in [9.17, 15) is 18.5 Å². The summed E-state index contributed by atoms with van der Waals surface area (Å²) in [5.41, 5.74) is -0.459. The lowest BCUT2D eigenvalue weighted by molar-refractivity contribution is -0.387. The van der Waals surface area contributed by atoms with Crippen LogP contribution in [0.15, 0.2) is 41.6 Å². The van der Waals surface area contributed by atoms with E-state index in [0.717, 1.165) is 6.07 Å². The molecule has 0 fully saturated rings. The van der Waals surface area contributed by atoms with Gasteiger partial charge >= 0.3 is 0 Å². The maximum atomic E-state index is 12.4. The summed E-state index contributed by atoms with van der Waals surface area (Å²) in [4.78, 5) is 16.7. The minimum atomic E-state index is -4.02. The largest absolute Gasteiger partial charge is 0.347 e. The van der Waals surface area contributed by atoms with Crippen LogP contribution in [0, 0.1) is 10.1 Å². The third-order valence-corrected chi connectivity index (χ3v) is 4.43. The first kappa shape index (κ1) is 15.1. The highest BCUT2D eigenvalue weighted by molar-refractivity contribution is 7.89. The van der Waals surface area contributed by atoms with Gasteiger partial charge in [0.25, 0.3) is 5.69 Å². The number of rotatable bonds is 6. The number of nitro groups is 1. The molecule has 1 unspecified atom stereocenters. The summed E-state index contributed by atoms with van der Waals surface area (Å²) in [6.45, 7) is 1.79. The van der Waals surface area contributed by atoms with Crippen molar-refractivity contribution in [2.45, 2.75) is 24.3 Å². The molecule has 2 rings (SSSR count). The molecule has 8 nitrogen and oxygen atoms in total. The Morgan fingerprint density at radius 2 is 2.14 bits per heavy atom. The maximum Gasteiger partial charge on any atom is 0.289 e. The molecule has 0 bridgehead atoms. The lowest BCUT2D eigenvalue weighted by Crippen LogP contribution is -2.29. The van der Waals surface area contributed by atoms with E-state index >= 15 is 0 Å². The fourth-order valence-corrected chi connectivity index (χ4v) is 3.34. The summed E-state index contributed by atoms with van der Waals surface area (Å²) in [6, 6.07) is 4.64. The average Bonchev–Trinajstić information content (AvgIpc) is 2.99. The molecule has 1 heterocycles. The minimum Gasteiger partial charge on any atom is -0.347 e. The molecule has 0 spiro atoms. The lowest BCUT2D eigenvalue weighted by Gasteiger charge is -2.14. The van der Waals surface area contributed by atoms with E-state index in [-0.39, 0.29) is 4.90 Å². The Morgan fingerprint density at radius 3 is 2.71 bits per heavy atom. The number of H-pyrrole nitrogens is 1. The molecule has 0 radical (unpaired) electrons. The first-order valence-electron chi connectivity index (χ1n) is 6.20. The molecule has 9 heteroatoms. The summed E-state index contributed by atoms with van der Waals surface area (Å²) in [6.07, 6.45) is 3.54. The number of aromatic nitrogens is 2. The normalized spacial score (nSPS) is 13.0. The van der Waals surface area contributed by atoms with Gasteiger partial charge in [-0.25, -0.2) is 18.1 Å². The summed E-state index contributed by atoms with van der Waals surface area (Å²) in [5.74, 6) is 0.458. The van der Waals surface area contributed by atoms with Crippen molar-refractivity contribution < 1.29 is 13.3 Å². The van der Waals surface area contributed by atoms with Crippen molar-refractivity contribution in [2.75, 3.05) is 0 Å². The van der Waals surface area contributed by atoms with Crippen LogP contribution in [0.3, 0.4) is 0 Å². The minimum absolute atomic E-state index is 0.361. The van der Waals surface area contributed by atoms with Gasteiger partial charge in [0.15, 0.2) is 4.90 Å². The average molecular weight is 310 g/mol. The third-order valence-electron chi connectivity index (χ3n) is 2.91. The quantitative estimate of drug-likeness (QED) is 0.622. The van der Waals surface area contributed by atoms with Gasteiger partial charge in [-0.3, -0.25) is 10.1 Å². The van der Waals surface area contributed by atoms with Gasteiger partial charge in [0.1, 0.15) is 5.82 Å². The van der Waals surface area contributed by atoms with Gasteiger partial charge in [0.2, 0.25) is 10.0 Å². The Hall–Kier alpha value is -2.26. The maximum absolute atomic E-state index is 12.4. The Morgan fingerprint density at radius 1 is 1.43 bits per heavy atom. The molecule has 112 valence electrons. The number of aromatic amines is 1. The van der Waals surface area contributed by atoms with E-state index < -0.39 is 26.7 Å². The van der Waals surface area contributed by atoms with Crippen molar-refractivity contribution in [1.29, 1.82) is 0 Å². The van der Waals surface area contributed by atoms with Crippen LogP contribution in [-0.2, 0) is 10.0 Å². The lowest BCUT2D eigenvalue weighted by atomic mass is 10.2. The van der Waals surface area contributed by atoms with Crippen LogP contribution in [-0.4, -0.2) is 23.3 Å². The van der Waals surface area contributed by atoms with E-state index in [1.807, 2.05) is 0 Å². The van der Waals surface area contributed by atoms with Crippen LogP contribution in [0.4, 0.5) is 5.69 Å². The number of nitrogens with zero attached hydrogens (tertiary/aromatic N) is 2. The van der Waals surface area contributed by atoms with E-state index in [2.05, 4.69) is 14.7 Å². The van der Waals surface area contributed by atoms with Gasteiger partial charge in [-0.05, 0) is 12.5 Å². The van der Waals surface area contributed by atoms with Crippen LogP contribution in [0.1, 0.15) is 25.2 Å². The number of para-hydroxylation sites is 1. The predicted molar refractivity (Wildman–Crippen MR) is 75.0 cm³/mol. The van der Waals surface area contributed by atoms with E-state index in [0.29, 0.717) is 12.2 Å². The molecule has 0 saturated heterocycles. The number of benzene rings is 1. The Labute approximate surface area is 121 Å². The monoisotopic (exact) mass is 310 g/mol. The van der Waals surface area contributed by atoms with Crippen molar-refractivity contribution in [3.8, 4) is 0 Å². The zero-order valence-corrected chi connectivity index (χ0v) is 12.0. The first-order chi connectivity index (χ1) is 9.95. The van der Waals surface area contributed by atoms with Crippen molar-refractivity contribution in [3.05, 3.63) is 52.6 Å². The summed E-state index contributed by atoms with van der Waals surface area (Å²) in [5, 5.41) is 10.9. The van der Waals surface area contributed by atoms with Crippen molar-refractivity contribution in [3.63, 3.8) is 0 Å². The van der Waals surface area contributed by atoms with Gasteiger partial charge in [0, 0.05) is 18.5 Å². The molecular formula is C12H14N4O4S. The Kier molecular flexibility index (Phi) is 4.34. The second-order valence-corrected chi connectivity index (χ2v) is 5.96. The Bertz CT molecular complexity index is 727. The Balaban J connectivity index is 2.37. The molecule has 0 aliphatic rings. The van der Waals surface area contributed by atoms with Gasteiger partial charge in [-0.15, -0.1) is 0 Å². The van der Waals surface area contributed by atoms with Crippen LogP contribution in [0.2, 0.25) is 0 Å². The van der Waals surface area contributed by atoms with Crippen LogP contribution < -0.4 is 4.72 Å². The predicted octanol–water partition coefficient (Wildman–Crippen LogP) is 1.75. The topological polar surface area (TPSA) is 118 Å². The molecule has 21 heavy (non-hydrogen) atoms. The van der Waals surface area contributed by atoms with Gasteiger partial charge < -0.3 is 4.98 Å². The molecule has 0 aliphatic carbocycles. The zero-order valence-electron chi connectivity index (χ0n) is 11.2. The number of sulfonamides is 1. The summed E-state index contributed by atoms with van der Waals surface area (Å²) >= 11 is 0. The first-order valence-corrected chi connectivity index (χ1v) is 7.69. The fraction of sp³-hybridized carbons (Fsp3) is 0.250. The van der Waals surface area contributed by atoms with Crippen molar-refractivity contribution >= 4 is 15.7 Å². The van der Waals surface area contributed by atoms with E-state index in [1.54, 1.807) is 13.1 Å². The smallest absolute Gasteiger partial charge is 0.289 e. The molecule has 1 atom stereocenters. The standard InChI is InChI=1S/C12H14N4O4S/c1-2-9(12-13-7-8-14-12)15-21(19,20)11-6-4-3-5-10(11)16(17)18/h3-9,15H,2H2,1H3,(H,13,14). The number of hydrogen-bond donors (Lipinski definition) is 2. The molecular weight excluding hydrogens is 296 g/mol. The molecule has 2 N–H and O–H groups in total. The van der Waals surface area contributed by atoms with Crippen LogP contribution in [0.25, 0.3) is 0 Å². The molecule has 0 amide bonds. The number of nitro benzene ring substituents is 1. The molecule has 1 aromatic carbocycles. The molecule has 0 saturated carbocycles. The summed E-state index contributed by atoms with van der Waals surface area (Å²) in [7, 11) is -4.02. The van der Waals surface area contributed by atoms with Crippen LogP contribution >= 0.6 is 0 Å². The van der Waals surface area contributed by atoms with Gasteiger partial charge in [0.05, 0.1) is 11.0 Å². The summed E-state index contributed by atoms with van der Waals surface area (Å²) < 4.78 is 27.2. The van der Waals surface area contributed by atoms with Crippen molar-refractivity contribution in [1.82, 2.24) is 14.7 Å². The molecule has 2 aromatic rings. The second kappa shape index (κ2) is 6.02. The van der Waals surface area contributed by atoms with Crippen LogP contribution in [0.5, 0.6) is 0 Å².